The van der Waals surface area contributed by atoms with E-state index in [1.165, 1.54) is 0 Å². The second-order valence-electron chi connectivity index (χ2n) is 4.90. The summed E-state index contributed by atoms with van der Waals surface area (Å²) in [6.07, 6.45) is 1.56. The first-order valence-electron chi connectivity index (χ1n) is 6.96. The van der Waals surface area contributed by atoms with E-state index in [1.807, 2.05) is 36.2 Å². The minimum Gasteiger partial charge on any atom is -0.454 e. The van der Waals surface area contributed by atoms with Crippen LogP contribution < -0.4 is 14.8 Å². The molecule has 116 valence electrons. The van der Waals surface area contributed by atoms with Crippen molar-refractivity contribution in [3.8, 4) is 11.5 Å². The van der Waals surface area contributed by atoms with E-state index in [0.717, 1.165) is 28.7 Å². The maximum atomic E-state index is 5.50. The van der Waals surface area contributed by atoms with E-state index in [9.17, 15) is 0 Å². The van der Waals surface area contributed by atoms with Crippen molar-refractivity contribution in [2.45, 2.75) is 13.1 Å². The summed E-state index contributed by atoms with van der Waals surface area (Å²) in [4.78, 5) is 6.25. The lowest BCUT2D eigenvalue weighted by atomic mass is 10.2. The quantitative estimate of drug-likeness (QED) is 0.683. The predicted molar refractivity (Wildman–Crippen MR) is 80.7 cm³/mol. The van der Waals surface area contributed by atoms with Crippen LogP contribution in [0.3, 0.4) is 0 Å². The molecule has 1 aromatic heterocycles. The number of para-hydroxylation sites is 1. The molecule has 0 spiro atoms. The Labute approximate surface area is 128 Å². The van der Waals surface area contributed by atoms with E-state index in [2.05, 4.69) is 15.5 Å². The Morgan fingerprint density at radius 3 is 3.05 bits per heavy atom. The number of fused-ring (bicyclic) bond motifs is 1. The van der Waals surface area contributed by atoms with Gasteiger partial charge in [0.1, 0.15) is 12.0 Å². The molecule has 2 aromatic rings. The maximum Gasteiger partial charge on any atom is 0.231 e. The van der Waals surface area contributed by atoms with E-state index in [-0.39, 0.29) is 6.79 Å². The van der Waals surface area contributed by atoms with E-state index in [1.54, 1.807) is 13.3 Å². The zero-order valence-electron chi connectivity index (χ0n) is 12.6. The van der Waals surface area contributed by atoms with Crippen LogP contribution in [0.5, 0.6) is 11.5 Å². The molecular formula is C15H18N4O3. The molecule has 0 saturated carbocycles. The lowest BCUT2D eigenvalue weighted by Gasteiger charge is -2.21. The third-order valence-electron chi connectivity index (χ3n) is 3.38. The van der Waals surface area contributed by atoms with Gasteiger partial charge in [-0.15, -0.1) is 0 Å². The molecule has 2 heterocycles. The molecule has 7 heteroatoms. The molecular weight excluding hydrogens is 284 g/mol. The first kappa shape index (κ1) is 14.2. The number of nitrogens with zero attached hydrogens (tertiary/aromatic N) is 3. The highest BCUT2D eigenvalue weighted by atomic mass is 16.7. The summed E-state index contributed by atoms with van der Waals surface area (Å²) in [5.41, 5.74) is 1.88. The Kier molecular flexibility index (Phi) is 4.13. The normalized spacial score (nSPS) is 13.3. The molecule has 0 atom stereocenters. The summed E-state index contributed by atoms with van der Waals surface area (Å²) in [5, 5.41) is 7.21. The average molecular weight is 302 g/mol. The smallest absolute Gasteiger partial charge is 0.231 e. The van der Waals surface area contributed by atoms with Gasteiger partial charge in [-0.05, 0) is 6.07 Å². The predicted octanol–water partition coefficient (Wildman–Crippen LogP) is 1.61. The van der Waals surface area contributed by atoms with Gasteiger partial charge >= 0.3 is 0 Å². The zero-order valence-corrected chi connectivity index (χ0v) is 12.6. The van der Waals surface area contributed by atoms with Crippen LogP contribution in [0.2, 0.25) is 0 Å². The Balaban J connectivity index is 1.63. The van der Waals surface area contributed by atoms with Crippen LogP contribution in [0, 0.1) is 0 Å². The highest BCUT2D eigenvalue weighted by molar-refractivity contribution is 5.79. The van der Waals surface area contributed by atoms with Gasteiger partial charge in [0, 0.05) is 32.3 Å². The van der Waals surface area contributed by atoms with Crippen LogP contribution >= 0.6 is 0 Å². The van der Waals surface area contributed by atoms with Crippen LogP contribution in [-0.4, -0.2) is 36.9 Å². The third-order valence-corrected chi connectivity index (χ3v) is 3.38. The van der Waals surface area contributed by atoms with Crippen molar-refractivity contribution in [3.63, 3.8) is 0 Å². The van der Waals surface area contributed by atoms with Crippen molar-refractivity contribution in [3.05, 3.63) is 41.8 Å². The number of nitrogens with one attached hydrogen (secondary N) is 1. The van der Waals surface area contributed by atoms with Crippen molar-refractivity contribution in [1.82, 2.24) is 15.4 Å². The number of ether oxygens (including phenoxy) is 2. The van der Waals surface area contributed by atoms with Gasteiger partial charge in [-0.1, -0.05) is 17.3 Å². The van der Waals surface area contributed by atoms with Gasteiger partial charge in [0.05, 0.1) is 6.54 Å². The van der Waals surface area contributed by atoms with Gasteiger partial charge in [-0.25, -0.2) is 0 Å². The summed E-state index contributed by atoms with van der Waals surface area (Å²) in [6.45, 7) is 1.48. The molecule has 1 aromatic carbocycles. The molecule has 3 rings (SSSR count). The van der Waals surface area contributed by atoms with Crippen molar-refractivity contribution in [1.29, 1.82) is 0 Å². The molecule has 1 N–H and O–H groups in total. The number of benzene rings is 1. The molecule has 0 saturated heterocycles. The lowest BCUT2D eigenvalue weighted by Crippen LogP contribution is -2.38. The van der Waals surface area contributed by atoms with Crippen molar-refractivity contribution in [2.75, 3.05) is 20.9 Å². The molecule has 0 fully saturated rings. The number of rotatable bonds is 4. The van der Waals surface area contributed by atoms with Crippen LogP contribution in [0.15, 0.2) is 40.0 Å². The Bertz CT molecular complexity index is 655. The third kappa shape index (κ3) is 2.98. The second-order valence-corrected chi connectivity index (χ2v) is 4.90. The Morgan fingerprint density at radius 1 is 1.36 bits per heavy atom. The molecule has 0 amide bonds. The van der Waals surface area contributed by atoms with Crippen molar-refractivity contribution < 1.29 is 14.0 Å². The number of aromatic nitrogens is 1. The molecule has 0 aliphatic carbocycles. The van der Waals surface area contributed by atoms with Gasteiger partial charge in [0.2, 0.25) is 6.79 Å². The summed E-state index contributed by atoms with van der Waals surface area (Å²) >= 11 is 0. The first-order valence-corrected chi connectivity index (χ1v) is 6.96. The molecule has 1 aliphatic rings. The van der Waals surface area contributed by atoms with Gasteiger partial charge in [-0.2, -0.15) is 0 Å². The van der Waals surface area contributed by atoms with Crippen LogP contribution in [-0.2, 0) is 13.1 Å². The van der Waals surface area contributed by atoms with E-state index in [0.29, 0.717) is 13.1 Å². The fourth-order valence-electron chi connectivity index (χ4n) is 2.33. The Hall–Kier alpha value is -2.70. The van der Waals surface area contributed by atoms with Crippen molar-refractivity contribution in [2.24, 2.45) is 4.99 Å². The minimum atomic E-state index is 0.271. The van der Waals surface area contributed by atoms with Gasteiger partial charge in [0.25, 0.3) is 0 Å². The number of hydrogen-bond acceptors (Lipinski definition) is 5. The maximum absolute atomic E-state index is 5.50. The number of hydrogen-bond donors (Lipinski definition) is 1. The Morgan fingerprint density at radius 2 is 2.27 bits per heavy atom. The average Bonchev–Trinajstić information content (AvgIpc) is 3.19. The molecule has 0 bridgehead atoms. The molecule has 22 heavy (non-hydrogen) atoms. The van der Waals surface area contributed by atoms with E-state index in [4.69, 9.17) is 14.0 Å². The first-order chi connectivity index (χ1) is 10.8. The molecule has 0 unspecified atom stereocenters. The molecule has 7 nitrogen and oxygen atoms in total. The van der Waals surface area contributed by atoms with Gasteiger partial charge < -0.3 is 24.2 Å². The summed E-state index contributed by atoms with van der Waals surface area (Å²) in [6, 6.07) is 7.69. The second kappa shape index (κ2) is 6.38. The highest BCUT2D eigenvalue weighted by Gasteiger charge is 2.17. The van der Waals surface area contributed by atoms with Crippen LogP contribution in [0.4, 0.5) is 0 Å². The molecule has 0 radical (unpaired) electrons. The fraction of sp³-hybridized carbons (Fsp3) is 0.333. The highest BCUT2D eigenvalue weighted by Crippen LogP contribution is 2.35. The lowest BCUT2D eigenvalue weighted by molar-refractivity contribution is 0.173. The van der Waals surface area contributed by atoms with E-state index >= 15 is 0 Å². The zero-order chi connectivity index (χ0) is 15.4. The van der Waals surface area contributed by atoms with Crippen LogP contribution in [0.25, 0.3) is 0 Å². The fourth-order valence-corrected chi connectivity index (χ4v) is 2.33. The van der Waals surface area contributed by atoms with Gasteiger partial charge in [-0.3, -0.25) is 4.99 Å². The molecule has 1 aliphatic heterocycles. The number of guanidine groups is 1. The standard InChI is InChI=1S/C15H18N4O3/c1-16-15(19(2)9-12-6-7-22-18-12)17-8-11-4-3-5-13-14(11)21-10-20-13/h3-7H,8-10H2,1-2H3,(H,16,17). The minimum absolute atomic E-state index is 0.271. The SMILES string of the molecule is CN=C(NCc1cccc2c1OCO2)N(C)Cc1ccon1. The van der Waals surface area contributed by atoms with Crippen molar-refractivity contribution >= 4 is 5.96 Å². The van der Waals surface area contributed by atoms with Gasteiger partial charge in [0.15, 0.2) is 17.5 Å². The summed E-state index contributed by atoms with van der Waals surface area (Å²) in [7, 11) is 3.69. The van der Waals surface area contributed by atoms with E-state index < -0.39 is 0 Å². The largest absolute Gasteiger partial charge is 0.454 e. The summed E-state index contributed by atoms with van der Waals surface area (Å²) in [5.74, 6) is 2.34. The monoisotopic (exact) mass is 302 g/mol. The number of aliphatic imine (C=N–C) groups is 1. The summed E-state index contributed by atoms with van der Waals surface area (Å²) < 4.78 is 15.7. The topological polar surface area (TPSA) is 72.1 Å². The van der Waals surface area contributed by atoms with Crippen LogP contribution in [0.1, 0.15) is 11.3 Å².